The fraction of sp³-hybridized carbons (Fsp3) is 0.462. The molecule has 6 heteroatoms. The maximum Gasteiger partial charge on any atom is 0.309 e. The number of aryl methyl sites for hydroxylation is 1. The van der Waals surface area contributed by atoms with Crippen molar-refractivity contribution in [3.05, 3.63) is 29.8 Å². The number of ether oxygens (including phenoxy) is 1. The van der Waals surface area contributed by atoms with Crippen LogP contribution in [0, 0.1) is 12.8 Å². The molecule has 1 heterocycles. The van der Waals surface area contributed by atoms with Crippen LogP contribution < -0.4 is 0 Å². The average molecular weight is 284 g/mol. The first-order chi connectivity index (χ1) is 8.88. The van der Waals surface area contributed by atoms with E-state index in [9.17, 15) is 13.2 Å². The number of hydrogen-bond donors (Lipinski definition) is 0. The van der Waals surface area contributed by atoms with Gasteiger partial charge in [-0.1, -0.05) is 24.6 Å². The van der Waals surface area contributed by atoms with Crippen LogP contribution in [0.4, 0.5) is 0 Å². The molecule has 0 bridgehead atoms. The van der Waals surface area contributed by atoms with E-state index >= 15 is 0 Å². The third-order valence-corrected chi connectivity index (χ3v) is 4.32. The summed E-state index contributed by atoms with van der Waals surface area (Å²) < 4.78 is 33.7. The lowest BCUT2D eigenvalue weighted by molar-refractivity contribution is -0.144. The fourth-order valence-electron chi connectivity index (χ4n) is 1.86. The predicted molar refractivity (Wildman–Crippen MR) is 68.0 cm³/mol. The molecule has 1 aromatic carbocycles. The van der Waals surface area contributed by atoms with Gasteiger partial charge >= 0.3 is 5.97 Å². The summed E-state index contributed by atoms with van der Waals surface area (Å²) >= 11 is 0. The van der Waals surface area contributed by atoms with Crippen molar-refractivity contribution in [2.75, 3.05) is 6.61 Å². The summed E-state index contributed by atoms with van der Waals surface area (Å²) in [4.78, 5) is 11.3. The van der Waals surface area contributed by atoms with Gasteiger partial charge in [0, 0.05) is 0 Å². The van der Waals surface area contributed by atoms with Crippen LogP contribution in [-0.2, 0) is 23.8 Å². The molecule has 0 aromatic heterocycles. The van der Waals surface area contributed by atoms with Gasteiger partial charge in [0.15, 0.2) is 0 Å². The molecule has 0 aliphatic carbocycles. The Morgan fingerprint density at radius 3 is 2.47 bits per heavy atom. The minimum Gasteiger partial charge on any atom is -0.460 e. The maximum absolute atomic E-state index is 11.9. The third kappa shape index (κ3) is 3.33. The lowest BCUT2D eigenvalue weighted by Gasteiger charge is -2.10. The van der Waals surface area contributed by atoms with E-state index in [1.54, 1.807) is 19.1 Å². The average Bonchev–Trinajstić information content (AvgIpc) is 2.67. The van der Waals surface area contributed by atoms with Gasteiger partial charge in [-0.2, -0.15) is 8.42 Å². The summed E-state index contributed by atoms with van der Waals surface area (Å²) in [5.41, 5.74) is 0.970. The molecule has 0 saturated carbocycles. The normalized spacial score (nSPS) is 23.4. The molecule has 1 aliphatic rings. The van der Waals surface area contributed by atoms with Crippen LogP contribution in [0.5, 0.6) is 0 Å². The van der Waals surface area contributed by atoms with Crippen molar-refractivity contribution in [3.63, 3.8) is 0 Å². The van der Waals surface area contributed by atoms with Crippen LogP contribution in [0.3, 0.4) is 0 Å². The van der Waals surface area contributed by atoms with Gasteiger partial charge in [0.1, 0.15) is 12.7 Å². The Morgan fingerprint density at radius 1 is 1.32 bits per heavy atom. The molecule has 1 saturated heterocycles. The molecule has 2 atom stereocenters. The van der Waals surface area contributed by atoms with Crippen LogP contribution in [0.25, 0.3) is 0 Å². The summed E-state index contributed by atoms with van der Waals surface area (Å²) in [5, 5.41) is 0. The zero-order valence-corrected chi connectivity index (χ0v) is 11.6. The molecule has 19 heavy (non-hydrogen) atoms. The smallest absolute Gasteiger partial charge is 0.309 e. The number of benzene rings is 1. The number of carbonyl (C=O) groups excluding carboxylic acids is 1. The van der Waals surface area contributed by atoms with Crippen molar-refractivity contribution in [3.8, 4) is 0 Å². The van der Waals surface area contributed by atoms with Crippen molar-refractivity contribution in [1.29, 1.82) is 0 Å². The zero-order valence-electron chi connectivity index (χ0n) is 10.8. The lowest BCUT2D eigenvalue weighted by Crippen LogP contribution is -2.18. The standard InChI is InChI=1S/C13H16O5S/c1-9-3-5-12(6-4-9)19(15,16)17-8-11-7-10(2)13(14)18-11/h3-6,10-11H,7-8H2,1-2H3/t10?,11-/m0/s1. The van der Waals surface area contributed by atoms with E-state index in [2.05, 4.69) is 0 Å². The second-order valence-electron chi connectivity index (χ2n) is 4.75. The van der Waals surface area contributed by atoms with Gasteiger partial charge in [-0.3, -0.25) is 8.98 Å². The van der Waals surface area contributed by atoms with Crippen LogP contribution in [0.2, 0.25) is 0 Å². The van der Waals surface area contributed by atoms with E-state index in [1.807, 2.05) is 6.92 Å². The third-order valence-electron chi connectivity index (χ3n) is 3.02. The zero-order chi connectivity index (χ0) is 14.0. The number of carbonyl (C=O) groups is 1. The van der Waals surface area contributed by atoms with Crippen LogP contribution in [0.15, 0.2) is 29.2 Å². The Bertz CT molecular complexity index is 561. The monoisotopic (exact) mass is 284 g/mol. The number of cyclic esters (lactones) is 1. The second-order valence-corrected chi connectivity index (χ2v) is 6.36. The fourth-order valence-corrected chi connectivity index (χ4v) is 2.80. The molecular weight excluding hydrogens is 268 g/mol. The summed E-state index contributed by atoms with van der Waals surface area (Å²) in [7, 11) is -3.79. The Hall–Kier alpha value is -1.40. The Balaban J connectivity index is 1.99. The number of esters is 1. The van der Waals surface area contributed by atoms with E-state index in [0.29, 0.717) is 6.42 Å². The molecule has 5 nitrogen and oxygen atoms in total. The molecule has 104 valence electrons. The second kappa shape index (κ2) is 5.30. The van der Waals surface area contributed by atoms with Gasteiger partial charge in [-0.15, -0.1) is 0 Å². The molecule has 0 amide bonds. The highest BCUT2D eigenvalue weighted by molar-refractivity contribution is 7.86. The molecule has 1 aliphatic heterocycles. The summed E-state index contributed by atoms with van der Waals surface area (Å²) in [6.07, 6.45) is 0.00475. The minimum absolute atomic E-state index is 0.107. The molecule has 0 N–H and O–H groups in total. The Labute approximate surface area is 112 Å². The molecule has 2 rings (SSSR count). The van der Waals surface area contributed by atoms with Crippen molar-refractivity contribution < 1.29 is 22.1 Å². The predicted octanol–water partition coefficient (Wildman–Crippen LogP) is 1.65. The van der Waals surface area contributed by atoms with Crippen molar-refractivity contribution in [2.45, 2.75) is 31.3 Å². The van der Waals surface area contributed by atoms with Crippen LogP contribution >= 0.6 is 0 Å². The topological polar surface area (TPSA) is 69.7 Å². The molecular formula is C13H16O5S. The molecule has 1 unspecified atom stereocenters. The summed E-state index contributed by atoms with van der Waals surface area (Å²) in [5.74, 6) is -0.503. The van der Waals surface area contributed by atoms with Crippen molar-refractivity contribution >= 4 is 16.1 Å². The molecule has 0 spiro atoms. The SMILES string of the molecule is Cc1ccc(S(=O)(=O)OC[C@@H]2CC(C)C(=O)O2)cc1. The van der Waals surface area contributed by atoms with Gasteiger partial charge in [0.25, 0.3) is 10.1 Å². The molecule has 0 radical (unpaired) electrons. The largest absolute Gasteiger partial charge is 0.460 e. The first kappa shape index (κ1) is 14.0. The summed E-state index contributed by atoms with van der Waals surface area (Å²) in [6.45, 7) is 3.49. The first-order valence-corrected chi connectivity index (χ1v) is 7.46. The van der Waals surface area contributed by atoms with Gasteiger partial charge in [0.2, 0.25) is 0 Å². The van der Waals surface area contributed by atoms with Crippen molar-refractivity contribution in [1.82, 2.24) is 0 Å². The summed E-state index contributed by atoms with van der Waals surface area (Å²) in [6, 6.07) is 6.39. The Morgan fingerprint density at radius 2 is 1.95 bits per heavy atom. The highest BCUT2D eigenvalue weighted by Gasteiger charge is 2.32. The van der Waals surface area contributed by atoms with E-state index in [-0.39, 0.29) is 23.4 Å². The van der Waals surface area contributed by atoms with Crippen LogP contribution in [0.1, 0.15) is 18.9 Å². The Kier molecular flexibility index (Phi) is 3.91. The van der Waals surface area contributed by atoms with E-state index in [0.717, 1.165) is 5.56 Å². The number of hydrogen-bond acceptors (Lipinski definition) is 5. The van der Waals surface area contributed by atoms with Gasteiger partial charge in [0.05, 0.1) is 10.8 Å². The minimum atomic E-state index is -3.79. The van der Waals surface area contributed by atoms with E-state index in [4.69, 9.17) is 8.92 Å². The van der Waals surface area contributed by atoms with E-state index in [1.165, 1.54) is 12.1 Å². The molecule has 1 fully saturated rings. The van der Waals surface area contributed by atoms with E-state index < -0.39 is 16.2 Å². The van der Waals surface area contributed by atoms with Crippen LogP contribution in [-0.4, -0.2) is 27.1 Å². The van der Waals surface area contributed by atoms with Crippen molar-refractivity contribution in [2.24, 2.45) is 5.92 Å². The number of rotatable bonds is 4. The first-order valence-electron chi connectivity index (χ1n) is 6.05. The highest BCUT2D eigenvalue weighted by atomic mass is 32.2. The lowest BCUT2D eigenvalue weighted by atomic mass is 10.1. The van der Waals surface area contributed by atoms with Gasteiger partial charge in [-0.25, -0.2) is 0 Å². The quantitative estimate of drug-likeness (QED) is 0.621. The molecule has 1 aromatic rings. The van der Waals surface area contributed by atoms with Gasteiger partial charge < -0.3 is 4.74 Å². The maximum atomic E-state index is 11.9. The highest BCUT2D eigenvalue weighted by Crippen LogP contribution is 2.22. The van der Waals surface area contributed by atoms with Gasteiger partial charge in [-0.05, 0) is 25.5 Å².